The van der Waals surface area contributed by atoms with Crippen LogP contribution < -0.4 is 5.32 Å². The molecule has 3 heterocycles. The smallest absolute Gasteiger partial charge is 0.253 e. The van der Waals surface area contributed by atoms with E-state index in [-0.39, 0.29) is 11.8 Å². The Hall–Kier alpha value is -2.99. The van der Waals surface area contributed by atoms with Gasteiger partial charge in [0.05, 0.1) is 5.41 Å². The summed E-state index contributed by atoms with van der Waals surface area (Å²) >= 11 is 1.72. The van der Waals surface area contributed by atoms with Crippen LogP contribution in [-0.4, -0.2) is 41.3 Å². The van der Waals surface area contributed by atoms with E-state index in [1.807, 2.05) is 11.8 Å². The summed E-state index contributed by atoms with van der Waals surface area (Å²) in [5, 5.41) is 5.12. The minimum Gasteiger partial charge on any atom is -0.356 e. The van der Waals surface area contributed by atoms with Gasteiger partial charge in [0.1, 0.15) is 0 Å². The summed E-state index contributed by atoms with van der Waals surface area (Å²) in [5.41, 5.74) is 2.48. The second-order valence-corrected chi connectivity index (χ2v) is 8.97. The second-order valence-electron chi connectivity index (χ2n) is 8.02. The lowest BCUT2D eigenvalue weighted by atomic mass is 9.72. The zero-order chi connectivity index (χ0) is 21.7. The third kappa shape index (κ3) is 4.69. The maximum Gasteiger partial charge on any atom is 0.253 e. The molecule has 4 rings (SSSR count). The quantitative estimate of drug-likeness (QED) is 0.626. The van der Waals surface area contributed by atoms with Gasteiger partial charge in [-0.2, -0.15) is 0 Å². The highest BCUT2D eigenvalue weighted by Crippen LogP contribution is 2.37. The van der Waals surface area contributed by atoms with E-state index in [1.165, 1.54) is 10.4 Å². The van der Waals surface area contributed by atoms with Gasteiger partial charge in [-0.3, -0.25) is 14.6 Å². The van der Waals surface area contributed by atoms with Crippen LogP contribution in [0.15, 0.2) is 66.3 Å². The number of benzene rings is 1. The number of rotatable bonds is 6. The lowest BCUT2D eigenvalue weighted by Crippen LogP contribution is -2.51. The number of nitrogens with one attached hydrogen (secondary N) is 1. The molecule has 0 spiro atoms. The van der Waals surface area contributed by atoms with Crippen LogP contribution >= 0.6 is 11.3 Å². The van der Waals surface area contributed by atoms with Crippen LogP contribution in [0.1, 0.15) is 35.7 Å². The summed E-state index contributed by atoms with van der Waals surface area (Å²) in [6.45, 7) is 3.70. The first-order valence-electron chi connectivity index (χ1n) is 10.7. The average molecular weight is 434 g/mol. The highest BCUT2D eigenvalue weighted by atomic mass is 32.1. The zero-order valence-electron chi connectivity index (χ0n) is 17.7. The highest BCUT2D eigenvalue weighted by Gasteiger charge is 2.42. The summed E-state index contributed by atoms with van der Waals surface area (Å²) in [7, 11) is 0. The number of nitrogens with zero attached hydrogens (tertiary/aromatic N) is 2. The second kappa shape index (κ2) is 9.43. The Morgan fingerprint density at radius 3 is 2.55 bits per heavy atom. The molecular formula is C25H27N3O2S. The van der Waals surface area contributed by atoms with Crippen LogP contribution in [0.25, 0.3) is 10.4 Å². The Labute approximate surface area is 187 Å². The lowest BCUT2D eigenvalue weighted by Gasteiger charge is -2.41. The molecule has 1 N–H and O–H groups in total. The van der Waals surface area contributed by atoms with Crippen LogP contribution in [0.5, 0.6) is 0 Å². The molecule has 2 aromatic heterocycles. The van der Waals surface area contributed by atoms with Crippen molar-refractivity contribution in [2.45, 2.75) is 26.2 Å². The van der Waals surface area contributed by atoms with Gasteiger partial charge in [0.25, 0.3) is 5.91 Å². The molecule has 1 fully saturated rings. The van der Waals surface area contributed by atoms with E-state index in [0.29, 0.717) is 44.5 Å². The molecule has 5 nitrogen and oxygen atoms in total. The van der Waals surface area contributed by atoms with Crippen molar-refractivity contribution in [3.63, 3.8) is 0 Å². The number of carbonyl (C=O) groups excluding carboxylic acids is 2. The van der Waals surface area contributed by atoms with Gasteiger partial charge in [-0.05, 0) is 60.9 Å². The van der Waals surface area contributed by atoms with E-state index in [1.54, 1.807) is 35.9 Å². The van der Waals surface area contributed by atoms with Crippen molar-refractivity contribution in [1.29, 1.82) is 0 Å². The SMILES string of the molecule is CCNC(=O)C1(Cc2cccc(-c3cccs3)c2)CCN(C(=O)c2ccncc2)CC1. The predicted octanol–water partition coefficient (Wildman–Crippen LogP) is 4.41. The number of aromatic nitrogens is 1. The number of thiophene rings is 1. The third-order valence-electron chi connectivity index (χ3n) is 6.03. The predicted molar refractivity (Wildman–Crippen MR) is 124 cm³/mol. The molecule has 0 aliphatic carbocycles. The summed E-state index contributed by atoms with van der Waals surface area (Å²) < 4.78 is 0. The normalized spacial score (nSPS) is 15.5. The van der Waals surface area contributed by atoms with Crippen molar-refractivity contribution in [2.75, 3.05) is 19.6 Å². The molecule has 31 heavy (non-hydrogen) atoms. The van der Waals surface area contributed by atoms with E-state index in [2.05, 4.69) is 52.1 Å². The van der Waals surface area contributed by atoms with Gasteiger partial charge in [-0.15, -0.1) is 11.3 Å². The summed E-state index contributed by atoms with van der Waals surface area (Å²) in [6, 6.07) is 16.1. The molecule has 0 bridgehead atoms. The van der Waals surface area contributed by atoms with Crippen molar-refractivity contribution >= 4 is 23.2 Å². The Bertz CT molecular complexity index is 1030. The Balaban J connectivity index is 1.53. The monoisotopic (exact) mass is 433 g/mol. The van der Waals surface area contributed by atoms with Crippen molar-refractivity contribution in [1.82, 2.24) is 15.2 Å². The highest BCUT2D eigenvalue weighted by molar-refractivity contribution is 7.13. The number of pyridine rings is 1. The van der Waals surface area contributed by atoms with E-state index >= 15 is 0 Å². The lowest BCUT2D eigenvalue weighted by molar-refractivity contribution is -0.133. The van der Waals surface area contributed by atoms with Crippen molar-refractivity contribution in [2.24, 2.45) is 5.41 Å². The molecule has 1 saturated heterocycles. The van der Waals surface area contributed by atoms with E-state index < -0.39 is 5.41 Å². The minimum absolute atomic E-state index is 0.00610. The minimum atomic E-state index is -0.501. The molecule has 6 heteroatoms. The number of hydrogen-bond donors (Lipinski definition) is 1. The van der Waals surface area contributed by atoms with Gasteiger partial charge in [0.15, 0.2) is 0 Å². The average Bonchev–Trinajstić information content (AvgIpc) is 3.35. The molecule has 0 saturated carbocycles. The standard InChI is InChI=1S/C25H27N3O2S/c1-2-27-24(30)25(18-19-5-3-6-21(17-19)22-7-4-16-31-22)10-14-28(15-11-25)23(29)20-8-12-26-13-9-20/h3-9,12-13,16-17H,2,10-11,14-15,18H2,1H3,(H,27,30). The van der Waals surface area contributed by atoms with Crippen LogP contribution in [0.2, 0.25) is 0 Å². The maximum absolute atomic E-state index is 13.2. The molecule has 0 atom stereocenters. The number of likely N-dealkylation sites (tertiary alicyclic amines) is 1. The van der Waals surface area contributed by atoms with Gasteiger partial charge in [0, 0.05) is 42.5 Å². The van der Waals surface area contributed by atoms with Crippen molar-refractivity contribution in [3.8, 4) is 10.4 Å². The van der Waals surface area contributed by atoms with Crippen LogP contribution in [0, 0.1) is 5.41 Å². The topological polar surface area (TPSA) is 62.3 Å². The molecule has 0 unspecified atom stereocenters. The van der Waals surface area contributed by atoms with Crippen LogP contribution in [-0.2, 0) is 11.2 Å². The number of hydrogen-bond acceptors (Lipinski definition) is 4. The molecule has 3 aromatic rings. The molecule has 1 aliphatic rings. The van der Waals surface area contributed by atoms with E-state index in [9.17, 15) is 9.59 Å². The number of piperidine rings is 1. The fraction of sp³-hybridized carbons (Fsp3) is 0.320. The van der Waals surface area contributed by atoms with Crippen LogP contribution in [0.3, 0.4) is 0 Å². The number of amides is 2. The molecule has 1 aliphatic heterocycles. The Kier molecular flexibility index (Phi) is 6.47. The van der Waals surface area contributed by atoms with Gasteiger partial charge in [-0.1, -0.05) is 30.3 Å². The zero-order valence-corrected chi connectivity index (χ0v) is 18.5. The van der Waals surface area contributed by atoms with Gasteiger partial charge in [-0.25, -0.2) is 0 Å². The van der Waals surface area contributed by atoms with Crippen molar-refractivity contribution < 1.29 is 9.59 Å². The molecule has 2 amide bonds. The molecule has 0 radical (unpaired) electrons. The van der Waals surface area contributed by atoms with Crippen molar-refractivity contribution in [3.05, 3.63) is 77.4 Å². The fourth-order valence-electron chi connectivity index (χ4n) is 4.32. The fourth-order valence-corrected chi connectivity index (χ4v) is 5.04. The first kappa shape index (κ1) is 21.2. The number of carbonyl (C=O) groups is 2. The first-order valence-corrected chi connectivity index (χ1v) is 11.6. The van der Waals surface area contributed by atoms with E-state index in [4.69, 9.17) is 0 Å². The molecule has 1 aromatic carbocycles. The Morgan fingerprint density at radius 2 is 1.87 bits per heavy atom. The van der Waals surface area contributed by atoms with Gasteiger partial charge < -0.3 is 10.2 Å². The maximum atomic E-state index is 13.2. The summed E-state index contributed by atoms with van der Waals surface area (Å²) in [4.78, 5) is 33.1. The summed E-state index contributed by atoms with van der Waals surface area (Å²) in [5.74, 6) is 0.0964. The van der Waals surface area contributed by atoms with E-state index in [0.717, 1.165) is 5.56 Å². The third-order valence-corrected chi connectivity index (χ3v) is 6.95. The first-order chi connectivity index (χ1) is 15.1. The molecular weight excluding hydrogens is 406 g/mol. The van der Waals surface area contributed by atoms with Crippen LogP contribution in [0.4, 0.5) is 0 Å². The Morgan fingerprint density at radius 1 is 1.10 bits per heavy atom. The summed E-state index contributed by atoms with van der Waals surface area (Å²) in [6.07, 6.45) is 5.25. The van der Waals surface area contributed by atoms with Gasteiger partial charge in [0.2, 0.25) is 5.91 Å². The van der Waals surface area contributed by atoms with Gasteiger partial charge >= 0.3 is 0 Å². The largest absolute Gasteiger partial charge is 0.356 e. The molecule has 160 valence electrons.